The maximum absolute atomic E-state index is 14.6. The quantitative estimate of drug-likeness (QED) is 0.267. The molecule has 1 spiro atoms. The Balaban J connectivity index is 1.15. The Labute approximate surface area is 268 Å². The first-order chi connectivity index (χ1) is 22.1. The minimum atomic E-state index is -1.27. The van der Waals surface area contributed by atoms with Crippen molar-refractivity contribution in [1.29, 1.82) is 0 Å². The van der Waals surface area contributed by atoms with Crippen molar-refractivity contribution < 1.29 is 24.5 Å². The molecule has 1 aromatic heterocycles. The van der Waals surface area contributed by atoms with Crippen molar-refractivity contribution in [2.75, 3.05) is 16.3 Å². The molecule has 3 aliphatic rings. The van der Waals surface area contributed by atoms with Crippen LogP contribution in [0.4, 0.5) is 11.4 Å². The normalized spacial score (nSPS) is 24.8. The third-order valence-corrected chi connectivity index (χ3v) is 9.90. The molecule has 3 aliphatic heterocycles. The Hall–Kier alpha value is -4.38. The highest BCUT2D eigenvalue weighted by Gasteiger charge is 2.65. The average Bonchev–Trinajstić information content (AvgIpc) is 3.70. The van der Waals surface area contributed by atoms with Gasteiger partial charge < -0.3 is 24.7 Å². The number of ether oxygens (including phenoxy) is 1. The fourth-order valence-electron chi connectivity index (χ4n) is 7.67. The van der Waals surface area contributed by atoms with E-state index in [1.165, 1.54) is 0 Å². The van der Waals surface area contributed by atoms with Crippen LogP contribution in [0, 0.1) is 11.8 Å². The second-order valence-corrected chi connectivity index (χ2v) is 13.2. The number of aliphatic hydroxyl groups excluding tert-OH is 1. The lowest BCUT2D eigenvalue weighted by Gasteiger charge is -2.34. The van der Waals surface area contributed by atoms with E-state index in [2.05, 4.69) is 10.3 Å². The molecule has 0 bridgehead atoms. The van der Waals surface area contributed by atoms with E-state index < -0.39 is 23.4 Å². The van der Waals surface area contributed by atoms with Gasteiger partial charge in [-0.3, -0.25) is 14.3 Å². The van der Waals surface area contributed by atoms with E-state index in [-0.39, 0.29) is 23.7 Å². The summed E-state index contributed by atoms with van der Waals surface area (Å²) < 4.78 is 8.58. The minimum Gasteiger partial charge on any atom is -0.390 e. The summed E-state index contributed by atoms with van der Waals surface area (Å²) in [5.41, 5.74) is 2.11. The number of carbonyl (C=O) groups excluding carboxylic acids is 2. The molecule has 4 aromatic rings. The number of hydrogen-bond acceptors (Lipinski definition) is 7. The van der Waals surface area contributed by atoms with E-state index in [0.717, 1.165) is 28.1 Å². The zero-order valence-electron chi connectivity index (χ0n) is 26.3. The van der Waals surface area contributed by atoms with E-state index in [1.807, 2.05) is 85.8 Å². The number of amides is 2. The lowest BCUT2D eigenvalue weighted by Crippen LogP contribution is -2.46. The van der Waals surface area contributed by atoms with Gasteiger partial charge in [0.1, 0.15) is 11.8 Å². The summed E-state index contributed by atoms with van der Waals surface area (Å²) in [5.74, 6) is -0.752. The second kappa shape index (κ2) is 11.5. The van der Waals surface area contributed by atoms with Gasteiger partial charge in [0.05, 0.1) is 30.1 Å². The summed E-state index contributed by atoms with van der Waals surface area (Å²) in [6, 6.07) is 24.8. The van der Waals surface area contributed by atoms with Crippen molar-refractivity contribution in [3.05, 3.63) is 107 Å². The first kappa shape index (κ1) is 30.3. The first-order valence-electron chi connectivity index (χ1n) is 15.9. The van der Waals surface area contributed by atoms with E-state index in [4.69, 9.17) is 4.74 Å². The number of para-hydroxylation sites is 1. The van der Waals surface area contributed by atoms with E-state index >= 15 is 0 Å². The summed E-state index contributed by atoms with van der Waals surface area (Å²) in [7, 11) is 0. The molecule has 0 saturated carbocycles. The number of fused-ring (bicyclic) bond motifs is 2. The number of hydrogen-bond donors (Lipinski definition) is 2. The number of benzene rings is 3. The van der Waals surface area contributed by atoms with Crippen LogP contribution >= 0.6 is 0 Å². The molecular formula is C36H39N5O5. The van der Waals surface area contributed by atoms with Gasteiger partial charge in [0.15, 0.2) is 5.60 Å². The van der Waals surface area contributed by atoms with Gasteiger partial charge in [-0.2, -0.15) is 0 Å². The third kappa shape index (κ3) is 5.01. The molecule has 5 atom stereocenters. The standard InChI is InChI=1S/C36H39N5O5/c1-23-32(35(2,3)45)30(16-18-39-22-28(37-38-39)33(43)25-11-5-4-6-12-25)46-36(23)27-14-7-8-15-29(27)41(34(36)44)21-24-10-9-13-26(20-24)40-19-17-31(40)42/h4-15,20,22-23,30,32-33,43,45H,16-19,21H2,1-3H3/t23-,30+,32-,33+,36+/m0/s1. The molecule has 2 N–H and O–H groups in total. The van der Waals surface area contributed by atoms with E-state index in [9.17, 15) is 19.8 Å². The van der Waals surface area contributed by atoms with Gasteiger partial charge in [0, 0.05) is 42.6 Å². The number of carbonyl (C=O) groups is 2. The number of anilines is 2. The van der Waals surface area contributed by atoms with Crippen LogP contribution in [0.2, 0.25) is 0 Å². The fraction of sp³-hybridized carbons (Fsp3) is 0.389. The van der Waals surface area contributed by atoms with Crippen LogP contribution in [-0.2, 0) is 33.0 Å². The van der Waals surface area contributed by atoms with Crippen LogP contribution in [0.1, 0.15) is 62.1 Å². The Morgan fingerprint density at radius 2 is 1.80 bits per heavy atom. The summed E-state index contributed by atoms with van der Waals surface area (Å²) in [6.07, 6.45) is 1.41. The van der Waals surface area contributed by atoms with Gasteiger partial charge in [-0.1, -0.05) is 72.8 Å². The number of rotatable bonds is 9. The zero-order valence-corrected chi connectivity index (χ0v) is 26.3. The molecule has 2 fully saturated rings. The molecule has 10 nitrogen and oxygen atoms in total. The predicted molar refractivity (Wildman–Crippen MR) is 172 cm³/mol. The number of aromatic nitrogens is 3. The van der Waals surface area contributed by atoms with Gasteiger partial charge >= 0.3 is 0 Å². The number of β-lactam (4-membered cyclic amide) rings is 1. The van der Waals surface area contributed by atoms with Gasteiger partial charge in [-0.25, -0.2) is 0 Å². The first-order valence-corrected chi connectivity index (χ1v) is 15.9. The highest BCUT2D eigenvalue weighted by molar-refractivity contribution is 6.07. The maximum atomic E-state index is 14.6. The van der Waals surface area contributed by atoms with E-state index in [1.54, 1.807) is 34.5 Å². The topological polar surface area (TPSA) is 121 Å². The van der Waals surface area contributed by atoms with Crippen LogP contribution in [0.5, 0.6) is 0 Å². The summed E-state index contributed by atoms with van der Waals surface area (Å²) in [6.45, 7) is 7.01. The van der Waals surface area contributed by atoms with Gasteiger partial charge in [0.25, 0.3) is 5.91 Å². The van der Waals surface area contributed by atoms with Crippen molar-refractivity contribution in [3.8, 4) is 0 Å². The van der Waals surface area contributed by atoms with Crippen LogP contribution in [0.25, 0.3) is 0 Å². The molecule has 3 aromatic carbocycles. The number of nitrogens with zero attached hydrogens (tertiary/aromatic N) is 5. The minimum absolute atomic E-state index is 0.102. The Bertz CT molecular complexity index is 1770. The lowest BCUT2D eigenvalue weighted by atomic mass is 9.71. The average molecular weight is 622 g/mol. The smallest absolute Gasteiger partial charge is 0.264 e. The maximum Gasteiger partial charge on any atom is 0.264 e. The molecular weight excluding hydrogens is 582 g/mol. The van der Waals surface area contributed by atoms with Crippen molar-refractivity contribution in [2.45, 2.75) is 70.1 Å². The van der Waals surface area contributed by atoms with Crippen molar-refractivity contribution in [1.82, 2.24) is 15.0 Å². The Morgan fingerprint density at radius 3 is 2.52 bits per heavy atom. The summed E-state index contributed by atoms with van der Waals surface area (Å²) >= 11 is 0. The zero-order chi connectivity index (χ0) is 32.2. The van der Waals surface area contributed by atoms with Crippen LogP contribution in [0.15, 0.2) is 85.1 Å². The molecule has 2 amide bonds. The molecule has 10 heteroatoms. The van der Waals surface area contributed by atoms with Crippen LogP contribution in [0.3, 0.4) is 0 Å². The molecule has 0 radical (unpaired) electrons. The SMILES string of the molecule is C[C@H]1[C@H](C(C)(C)O)[C@@H](CCn2cc([C@H](O)c3ccccc3)nn2)O[C@]12C(=O)N(Cc1cccc(N3CCC3=O)c1)c1ccccc12. The molecule has 46 heavy (non-hydrogen) atoms. The van der Waals surface area contributed by atoms with Crippen molar-refractivity contribution in [3.63, 3.8) is 0 Å². The predicted octanol–water partition coefficient (Wildman–Crippen LogP) is 4.35. The summed E-state index contributed by atoms with van der Waals surface area (Å²) in [5, 5.41) is 30.7. The molecule has 0 aliphatic carbocycles. The number of aryl methyl sites for hydroxylation is 1. The molecule has 238 valence electrons. The Morgan fingerprint density at radius 1 is 1.04 bits per heavy atom. The molecule has 7 rings (SSSR count). The van der Waals surface area contributed by atoms with Crippen LogP contribution in [-0.4, -0.2) is 55.3 Å². The highest BCUT2D eigenvalue weighted by Crippen LogP contribution is 2.58. The van der Waals surface area contributed by atoms with Gasteiger partial charge in [-0.15, -0.1) is 5.10 Å². The van der Waals surface area contributed by atoms with Gasteiger partial charge in [-0.05, 0) is 49.6 Å². The molecule has 4 heterocycles. The van der Waals surface area contributed by atoms with Gasteiger partial charge in [0.2, 0.25) is 5.91 Å². The number of aliphatic hydroxyl groups is 2. The van der Waals surface area contributed by atoms with E-state index in [0.29, 0.717) is 38.2 Å². The third-order valence-electron chi connectivity index (χ3n) is 9.90. The summed E-state index contributed by atoms with van der Waals surface area (Å²) in [4.78, 5) is 30.3. The monoisotopic (exact) mass is 621 g/mol. The second-order valence-electron chi connectivity index (χ2n) is 13.2. The van der Waals surface area contributed by atoms with Crippen LogP contribution < -0.4 is 9.80 Å². The lowest BCUT2D eigenvalue weighted by molar-refractivity contribution is -0.146. The molecule has 0 unspecified atom stereocenters. The van der Waals surface area contributed by atoms with Crippen molar-refractivity contribution in [2.24, 2.45) is 11.8 Å². The van der Waals surface area contributed by atoms with Crippen molar-refractivity contribution >= 4 is 23.2 Å². The highest BCUT2D eigenvalue weighted by atomic mass is 16.5. The molecule has 2 saturated heterocycles. The Kier molecular flexibility index (Phi) is 7.54. The largest absolute Gasteiger partial charge is 0.390 e. The fourth-order valence-corrected chi connectivity index (χ4v) is 7.67.